The second kappa shape index (κ2) is 9.54. The highest BCUT2D eigenvalue weighted by Crippen LogP contribution is 2.38. The van der Waals surface area contributed by atoms with Crippen LogP contribution in [0.1, 0.15) is 11.1 Å². The van der Waals surface area contributed by atoms with Gasteiger partial charge in [0.15, 0.2) is 0 Å². The van der Waals surface area contributed by atoms with E-state index >= 15 is 0 Å². The summed E-state index contributed by atoms with van der Waals surface area (Å²) in [4.78, 5) is 26.7. The van der Waals surface area contributed by atoms with E-state index in [0.29, 0.717) is 26.4 Å². The molecule has 0 atom stereocenters. The smallest absolute Gasteiger partial charge is 0.298 e. The van der Waals surface area contributed by atoms with Gasteiger partial charge in [-0.3, -0.25) is 9.59 Å². The van der Waals surface area contributed by atoms with Gasteiger partial charge in [0.1, 0.15) is 18.2 Å². The van der Waals surface area contributed by atoms with Gasteiger partial charge in [-0.25, -0.2) is 9.29 Å². The Hall–Kier alpha value is -2.17. The molecule has 8 heteroatoms. The van der Waals surface area contributed by atoms with Gasteiger partial charge in [-0.1, -0.05) is 36.4 Å². The molecule has 31 heavy (non-hydrogen) atoms. The van der Waals surface area contributed by atoms with Gasteiger partial charge in [0.2, 0.25) is 0 Å². The topological polar surface area (TPSA) is 46.6 Å². The maximum absolute atomic E-state index is 13.8. The van der Waals surface area contributed by atoms with Gasteiger partial charge >= 0.3 is 0 Å². The molecule has 0 aromatic heterocycles. The quantitative estimate of drug-likeness (QED) is 0.231. The van der Waals surface area contributed by atoms with E-state index in [9.17, 15) is 14.0 Å². The fraction of sp³-hybridized carbons (Fsp3) is 0.0435. The number of benzene rings is 3. The minimum absolute atomic E-state index is 0.0938. The summed E-state index contributed by atoms with van der Waals surface area (Å²) in [6.07, 6.45) is 1.68. The Morgan fingerprint density at radius 1 is 1.06 bits per heavy atom. The molecule has 4 nitrogen and oxygen atoms in total. The number of para-hydroxylation sites is 1. The van der Waals surface area contributed by atoms with Gasteiger partial charge in [-0.2, -0.15) is 0 Å². The first-order valence-corrected chi connectivity index (χ1v) is 11.8. The average molecular weight is 610 g/mol. The lowest BCUT2D eigenvalue weighted by Crippen LogP contribution is -2.27. The molecule has 0 spiro atoms. The highest BCUT2D eigenvalue weighted by atomic mass is 127. The van der Waals surface area contributed by atoms with E-state index in [1.807, 2.05) is 12.1 Å². The summed E-state index contributed by atoms with van der Waals surface area (Å²) in [6, 6.07) is 18.9. The number of ether oxygens (including phenoxy) is 1. The van der Waals surface area contributed by atoms with Crippen molar-refractivity contribution < 1.29 is 18.7 Å². The molecule has 1 aliphatic heterocycles. The summed E-state index contributed by atoms with van der Waals surface area (Å²) in [7, 11) is 0. The van der Waals surface area contributed by atoms with Crippen molar-refractivity contribution in [3.63, 3.8) is 0 Å². The predicted octanol–water partition coefficient (Wildman–Crippen LogP) is 7.01. The lowest BCUT2D eigenvalue weighted by molar-refractivity contribution is -0.113. The van der Waals surface area contributed by atoms with Crippen LogP contribution in [-0.2, 0) is 11.4 Å². The van der Waals surface area contributed by atoms with E-state index in [2.05, 4.69) is 38.5 Å². The summed E-state index contributed by atoms with van der Waals surface area (Å²) in [6.45, 7) is 0.0938. The van der Waals surface area contributed by atoms with Crippen LogP contribution in [0.15, 0.2) is 76.1 Å². The first-order valence-electron chi connectivity index (χ1n) is 9.12. The standard InChI is InChI=1S/C23H14BrFINO3S/c24-17-10-14(11-19(26)21(17)30-13-15-6-4-5-9-18(15)25)12-20-22(28)27(23(29)31-20)16-7-2-1-3-8-16/h1-12H,13H2/b20-12-. The Balaban J connectivity index is 1.56. The van der Waals surface area contributed by atoms with Gasteiger partial charge in [-0.15, -0.1) is 0 Å². The highest BCUT2D eigenvalue weighted by Gasteiger charge is 2.36. The van der Waals surface area contributed by atoms with Crippen LogP contribution in [-0.4, -0.2) is 11.1 Å². The second-order valence-electron chi connectivity index (χ2n) is 6.55. The third-order valence-corrected chi connectivity index (χ3v) is 6.72. The van der Waals surface area contributed by atoms with E-state index in [4.69, 9.17) is 4.74 Å². The Bertz CT molecular complexity index is 1180. The van der Waals surface area contributed by atoms with Crippen molar-refractivity contribution in [3.8, 4) is 5.75 Å². The molecule has 0 bridgehead atoms. The number of nitrogens with zero attached hydrogens (tertiary/aromatic N) is 1. The number of halogens is 3. The van der Waals surface area contributed by atoms with Gasteiger partial charge in [0, 0.05) is 5.56 Å². The van der Waals surface area contributed by atoms with E-state index < -0.39 is 0 Å². The normalized spacial score (nSPS) is 15.1. The van der Waals surface area contributed by atoms with E-state index in [1.54, 1.807) is 54.6 Å². The molecule has 0 saturated carbocycles. The lowest BCUT2D eigenvalue weighted by Gasteiger charge is -2.12. The van der Waals surface area contributed by atoms with Crippen molar-refractivity contribution in [1.29, 1.82) is 0 Å². The van der Waals surface area contributed by atoms with Gasteiger partial charge < -0.3 is 4.74 Å². The fourth-order valence-electron chi connectivity index (χ4n) is 2.98. The summed E-state index contributed by atoms with van der Waals surface area (Å²) >= 11 is 6.52. The Labute approximate surface area is 204 Å². The summed E-state index contributed by atoms with van der Waals surface area (Å²) in [5.74, 6) is -0.0926. The molecule has 1 heterocycles. The molecule has 0 N–H and O–H groups in total. The van der Waals surface area contributed by atoms with Gasteiger partial charge in [-0.05, 0) is 92.3 Å². The first kappa shape index (κ1) is 22.0. The molecule has 1 aliphatic rings. The molecule has 2 amide bonds. The van der Waals surface area contributed by atoms with Gasteiger partial charge in [0.25, 0.3) is 11.1 Å². The Morgan fingerprint density at radius 2 is 1.77 bits per heavy atom. The molecule has 156 valence electrons. The zero-order valence-corrected chi connectivity index (χ0v) is 20.4. The minimum Gasteiger partial charge on any atom is -0.486 e. The average Bonchev–Trinajstić information content (AvgIpc) is 3.02. The fourth-order valence-corrected chi connectivity index (χ4v) is 5.60. The van der Waals surface area contributed by atoms with Crippen molar-refractivity contribution in [2.75, 3.05) is 4.90 Å². The molecule has 4 rings (SSSR count). The van der Waals surface area contributed by atoms with E-state index in [-0.39, 0.29) is 23.6 Å². The summed E-state index contributed by atoms with van der Waals surface area (Å²) < 4.78 is 21.1. The molecule has 3 aromatic rings. The van der Waals surface area contributed by atoms with Crippen molar-refractivity contribution in [2.24, 2.45) is 0 Å². The number of imide groups is 1. The maximum Gasteiger partial charge on any atom is 0.298 e. The Morgan fingerprint density at radius 3 is 2.48 bits per heavy atom. The van der Waals surface area contributed by atoms with Crippen molar-refractivity contribution >= 4 is 73.2 Å². The number of amides is 2. The molecule has 1 fully saturated rings. The van der Waals surface area contributed by atoms with Crippen LogP contribution in [0.5, 0.6) is 5.75 Å². The lowest BCUT2D eigenvalue weighted by atomic mass is 10.2. The van der Waals surface area contributed by atoms with Crippen LogP contribution in [0.3, 0.4) is 0 Å². The first-order chi connectivity index (χ1) is 14.9. The third kappa shape index (κ3) is 4.86. The van der Waals surface area contributed by atoms with Crippen LogP contribution in [0.25, 0.3) is 6.08 Å². The third-order valence-electron chi connectivity index (χ3n) is 4.46. The monoisotopic (exact) mass is 609 g/mol. The molecule has 0 unspecified atom stereocenters. The number of carbonyl (C=O) groups excluding carboxylic acids is 2. The maximum atomic E-state index is 13.8. The molecule has 3 aromatic carbocycles. The SMILES string of the molecule is O=C1S/C(=C\c2cc(Br)c(OCc3ccccc3F)c(I)c2)C(=O)N1c1ccccc1. The number of hydrogen-bond acceptors (Lipinski definition) is 4. The molecular weight excluding hydrogens is 596 g/mol. The van der Waals surface area contributed by atoms with Crippen LogP contribution in [0.4, 0.5) is 14.9 Å². The van der Waals surface area contributed by atoms with Crippen LogP contribution in [0, 0.1) is 9.39 Å². The zero-order chi connectivity index (χ0) is 22.0. The molecule has 0 aliphatic carbocycles. The predicted molar refractivity (Wildman–Crippen MR) is 132 cm³/mol. The van der Waals surface area contributed by atoms with Crippen molar-refractivity contribution in [3.05, 3.63) is 96.6 Å². The Kier molecular flexibility index (Phi) is 6.78. The number of carbonyl (C=O) groups is 2. The largest absolute Gasteiger partial charge is 0.486 e. The summed E-state index contributed by atoms with van der Waals surface area (Å²) in [5, 5.41) is -0.332. The van der Waals surface area contributed by atoms with E-state index in [0.717, 1.165) is 20.9 Å². The van der Waals surface area contributed by atoms with Crippen molar-refractivity contribution in [2.45, 2.75) is 6.61 Å². The van der Waals surface area contributed by atoms with Crippen LogP contribution in [0.2, 0.25) is 0 Å². The number of hydrogen-bond donors (Lipinski definition) is 0. The minimum atomic E-state index is -0.354. The molecule has 1 saturated heterocycles. The number of thioether (sulfide) groups is 1. The number of rotatable bonds is 5. The molecule has 0 radical (unpaired) electrons. The highest BCUT2D eigenvalue weighted by molar-refractivity contribution is 14.1. The van der Waals surface area contributed by atoms with Crippen molar-refractivity contribution in [1.82, 2.24) is 0 Å². The van der Waals surface area contributed by atoms with Crippen LogP contribution < -0.4 is 9.64 Å². The molecular formula is C23H14BrFINO3S. The van der Waals surface area contributed by atoms with Gasteiger partial charge in [0.05, 0.1) is 18.6 Å². The van der Waals surface area contributed by atoms with Crippen LogP contribution >= 0.6 is 50.3 Å². The number of anilines is 1. The summed E-state index contributed by atoms with van der Waals surface area (Å²) in [5.41, 5.74) is 1.75. The zero-order valence-electron chi connectivity index (χ0n) is 15.8. The second-order valence-corrected chi connectivity index (χ2v) is 9.56. The van der Waals surface area contributed by atoms with E-state index in [1.165, 1.54) is 11.0 Å².